The van der Waals surface area contributed by atoms with E-state index >= 15 is 0 Å². The van der Waals surface area contributed by atoms with Crippen molar-refractivity contribution in [3.8, 4) is 0 Å². The number of aromatic nitrogens is 5. The Morgan fingerprint density at radius 1 is 1.40 bits per heavy atom. The van der Waals surface area contributed by atoms with E-state index in [0.29, 0.717) is 18.7 Å². The van der Waals surface area contributed by atoms with Gasteiger partial charge >= 0.3 is 0 Å². The van der Waals surface area contributed by atoms with Gasteiger partial charge in [0.05, 0.1) is 12.1 Å². The van der Waals surface area contributed by atoms with Crippen LogP contribution in [0.4, 0.5) is 0 Å². The van der Waals surface area contributed by atoms with Gasteiger partial charge in [0.25, 0.3) is 5.91 Å². The first-order chi connectivity index (χ1) is 12.1. The first-order valence-electron chi connectivity index (χ1n) is 8.48. The van der Waals surface area contributed by atoms with Crippen LogP contribution >= 0.6 is 0 Å². The quantitative estimate of drug-likeness (QED) is 0.735. The molecule has 1 amide bonds. The third-order valence-electron chi connectivity index (χ3n) is 4.44. The number of hydrogen-bond donors (Lipinski definition) is 2. The lowest BCUT2D eigenvalue weighted by Crippen LogP contribution is -2.54. The van der Waals surface area contributed by atoms with E-state index in [2.05, 4.69) is 30.7 Å². The second kappa shape index (κ2) is 8.13. The zero-order chi connectivity index (χ0) is 17.6. The van der Waals surface area contributed by atoms with Gasteiger partial charge in [0.15, 0.2) is 0 Å². The Kier molecular flexibility index (Phi) is 5.67. The fourth-order valence-electron chi connectivity index (χ4n) is 3.01. The van der Waals surface area contributed by atoms with Crippen LogP contribution in [0.5, 0.6) is 0 Å². The van der Waals surface area contributed by atoms with Crippen molar-refractivity contribution in [1.29, 1.82) is 0 Å². The second-order valence-corrected chi connectivity index (χ2v) is 6.25. The van der Waals surface area contributed by atoms with E-state index in [1.807, 2.05) is 6.92 Å². The number of aryl methyl sites for hydroxylation is 2. The van der Waals surface area contributed by atoms with E-state index in [4.69, 9.17) is 0 Å². The Labute approximate surface area is 146 Å². The normalized spacial score (nSPS) is 21.2. The fraction of sp³-hybridized carbons (Fsp3) is 0.562. The van der Waals surface area contributed by atoms with Crippen LogP contribution in [0.25, 0.3) is 0 Å². The molecule has 25 heavy (non-hydrogen) atoms. The van der Waals surface area contributed by atoms with Crippen molar-refractivity contribution in [2.75, 3.05) is 19.6 Å². The summed E-state index contributed by atoms with van der Waals surface area (Å²) in [6.45, 7) is 4.86. The molecule has 2 atom stereocenters. The molecular weight excluding hydrogens is 322 g/mol. The van der Waals surface area contributed by atoms with E-state index in [0.717, 1.165) is 31.9 Å². The van der Waals surface area contributed by atoms with E-state index in [1.165, 1.54) is 0 Å². The standard InChI is InChI=1S/C16H23N7O2/c1-12-19-20-21-23(12)9-4-8-22-10-6-13(15(24)11-22)18-16(25)14-5-2-3-7-17-14/h2-3,5,7,13,15,24H,4,6,8-11H2,1H3,(H,18,25)/t13-,15-/m1/s1. The number of piperidine rings is 1. The molecule has 0 saturated carbocycles. The van der Waals surface area contributed by atoms with Gasteiger partial charge < -0.3 is 15.3 Å². The molecule has 0 unspecified atom stereocenters. The highest BCUT2D eigenvalue weighted by Gasteiger charge is 2.29. The first-order valence-corrected chi connectivity index (χ1v) is 8.48. The molecule has 0 aromatic carbocycles. The first kappa shape index (κ1) is 17.4. The molecule has 134 valence electrons. The number of nitrogens with zero attached hydrogens (tertiary/aromatic N) is 6. The van der Waals surface area contributed by atoms with Crippen molar-refractivity contribution >= 4 is 5.91 Å². The maximum Gasteiger partial charge on any atom is 0.270 e. The highest BCUT2D eigenvalue weighted by Crippen LogP contribution is 2.12. The van der Waals surface area contributed by atoms with Crippen LogP contribution in [0.15, 0.2) is 24.4 Å². The minimum Gasteiger partial charge on any atom is -0.390 e. The summed E-state index contributed by atoms with van der Waals surface area (Å²) in [4.78, 5) is 18.4. The van der Waals surface area contributed by atoms with Crippen molar-refractivity contribution in [2.45, 2.75) is 38.5 Å². The Bertz CT molecular complexity index is 691. The van der Waals surface area contributed by atoms with Crippen molar-refractivity contribution in [3.63, 3.8) is 0 Å². The van der Waals surface area contributed by atoms with Gasteiger partial charge in [-0.3, -0.25) is 9.78 Å². The Balaban J connectivity index is 1.43. The van der Waals surface area contributed by atoms with Crippen molar-refractivity contribution in [3.05, 3.63) is 35.9 Å². The van der Waals surface area contributed by atoms with E-state index in [1.54, 1.807) is 29.1 Å². The molecule has 9 nitrogen and oxygen atoms in total. The fourth-order valence-corrected chi connectivity index (χ4v) is 3.01. The van der Waals surface area contributed by atoms with Gasteiger partial charge in [0.2, 0.25) is 0 Å². The molecule has 1 fully saturated rings. The molecule has 1 aliphatic heterocycles. The van der Waals surface area contributed by atoms with Gasteiger partial charge in [-0.15, -0.1) is 5.10 Å². The topological polar surface area (TPSA) is 109 Å². The Morgan fingerprint density at radius 3 is 2.96 bits per heavy atom. The van der Waals surface area contributed by atoms with Crippen molar-refractivity contribution in [1.82, 2.24) is 35.4 Å². The van der Waals surface area contributed by atoms with Gasteiger partial charge in [0.1, 0.15) is 11.5 Å². The number of aliphatic hydroxyl groups excluding tert-OH is 1. The van der Waals surface area contributed by atoms with Crippen LogP contribution in [0.3, 0.4) is 0 Å². The van der Waals surface area contributed by atoms with Gasteiger partial charge in [0, 0.05) is 32.4 Å². The summed E-state index contributed by atoms with van der Waals surface area (Å²) in [6.07, 6.45) is 2.62. The predicted molar refractivity (Wildman–Crippen MR) is 89.7 cm³/mol. The number of nitrogens with one attached hydrogen (secondary N) is 1. The average molecular weight is 345 g/mol. The lowest BCUT2D eigenvalue weighted by Gasteiger charge is -2.36. The molecule has 2 aromatic heterocycles. The number of aliphatic hydroxyl groups is 1. The van der Waals surface area contributed by atoms with Crippen LogP contribution in [-0.4, -0.2) is 72.9 Å². The van der Waals surface area contributed by atoms with E-state index in [-0.39, 0.29) is 11.9 Å². The van der Waals surface area contributed by atoms with E-state index < -0.39 is 6.10 Å². The molecule has 0 radical (unpaired) electrons. The van der Waals surface area contributed by atoms with Crippen molar-refractivity contribution < 1.29 is 9.90 Å². The lowest BCUT2D eigenvalue weighted by atomic mass is 10.0. The van der Waals surface area contributed by atoms with Crippen LogP contribution in [0.2, 0.25) is 0 Å². The van der Waals surface area contributed by atoms with Gasteiger partial charge in [-0.25, -0.2) is 4.68 Å². The van der Waals surface area contributed by atoms with Gasteiger partial charge in [-0.05, 0) is 42.3 Å². The summed E-state index contributed by atoms with van der Waals surface area (Å²) in [6, 6.07) is 4.96. The summed E-state index contributed by atoms with van der Waals surface area (Å²) in [5, 5.41) is 24.6. The van der Waals surface area contributed by atoms with Crippen LogP contribution in [-0.2, 0) is 6.54 Å². The van der Waals surface area contributed by atoms with Crippen molar-refractivity contribution in [2.24, 2.45) is 0 Å². The highest BCUT2D eigenvalue weighted by molar-refractivity contribution is 5.92. The number of likely N-dealkylation sites (tertiary alicyclic amines) is 1. The number of tetrazole rings is 1. The van der Waals surface area contributed by atoms with Gasteiger partial charge in [-0.1, -0.05) is 6.07 Å². The van der Waals surface area contributed by atoms with Crippen LogP contribution in [0, 0.1) is 6.92 Å². The number of amides is 1. The SMILES string of the molecule is Cc1nnnn1CCCN1CC[C@@H](NC(=O)c2ccccn2)[C@H](O)C1. The third kappa shape index (κ3) is 4.58. The number of carbonyl (C=O) groups is 1. The molecule has 2 N–H and O–H groups in total. The molecule has 3 rings (SSSR count). The Morgan fingerprint density at radius 2 is 2.28 bits per heavy atom. The largest absolute Gasteiger partial charge is 0.390 e. The predicted octanol–water partition coefficient (Wildman–Crippen LogP) is -0.368. The molecule has 1 aliphatic rings. The maximum atomic E-state index is 12.2. The number of pyridine rings is 1. The van der Waals surface area contributed by atoms with Gasteiger partial charge in [-0.2, -0.15) is 0 Å². The molecular formula is C16H23N7O2. The molecule has 0 aliphatic carbocycles. The molecule has 0 bridgehead atoms. The molecule has 2 aromatic rings. The summed E-state index contributed by atoms with van der Waals surface area (Å²) < 4.78 is 1.77. The number of hydrogen-bond acceptors (Lipinski definition) is 7. The van der Waals surface area contributed by atoms with E-state index in [9.17, 15) is 9.90 Å². The monoisotopic (exact) mass is 345 g/mol. The molecule has 3 heterocycles. The third-order valence-corrected chi connectivity index (χ3v) is 4.44. The Hall–Kier alpha value is -2.39. The summed E-state index contributed by atoms with van der Waals surface area (Å²) >= 11 is 0. The summed E-state index contributed by atoms with van der Waals surface area (Å²) in [5.41, 5.74) is 0.369. The number of carbonyl (C=O) groups excluding carboxylic acids is 1. The second-order valence-electron chi connectivity index (χ2n) is 6.25. The lowest BCUT2D eigenvalue weighted by molar-refractivity contribution is 0.0369. The molecule has 9 heteroatoms. The van der Waals surface area contributed by atoms with Crippen LogP contribution in [0.1, 0.15) is 29.2 Å². The zero-order valence-electron chi connectivity index (χ0n) is 14.2. The maximum absolute atomic E-state index is 12.2. The number of β-amino-alcohol motifs (C(OH)–C–C–N with tert-alkyl or cyclic N) is 1. The zero-order valence-corrected chi connectivity index (χ0v) is 14.2. The smallest absolute Gasteiger partial charge is 0.270 e. The average Bonchev–Trinajstić information content (AvgIpc) is 3.03. The molecule has 1 saturated heterocycles. The minimum atomic E-state index is -0.587. The number of rotatable bonds is 6. The minimum absolute atomic E-state index is 0.243. The van der Waals surface area contributed by atoms with Crippen LogP contribution < -0.4 is 5.32 Å². The molecule has 0 spiro atoms. The summed E-state index contributed by atoms with van der Waals surface area (Å²) in [5.74, 6) is 0.559. The summed E-state index contributed by atoms with van der Waals surface area (Å²) in [7, 11) is 0. The highest BCUT2D eigenvalue weighted by atomic mass is 16.3.